The van der Waals surface area contributed by atoms with Gasteiger partial charge in [-0.15, -0.1) is 11.3 Å². The molecule has 32 heavy (non-hydrogen) atoms. The van der Waals surface area contributed by atoms with E-state index in [-0.39, 0.29) is 5.97 Å². The second-order valence-electron chi connectivity index (χ2n) is 6.71. The number of aromatic nitrogens is 1. The van der Waals surface area contributed by atoms with E-state index in [1.807, 2.05) is 53.9 Å². The van der Waals surface area contributed by atoms with Gasteiger partial charge in [0.2, 0.25) is 4.80 Å². The molecule has 0 fully saturated rings. The molecule has 0 aliphatic rings. The number of furan rings is 1. The molecule has 0 radical (unpaired) electrons. The van der Waals surface area contributed by atoms with Gasteiger partial charge < -0.3 is 13.9 Å². The van der Waals surface area contributed by atoms with Crippen LogP contribution < -0.4 is 9.54 Å². The molecule has 0 bridgehead atoms. The summed E-state index contributed by atoms with van der Waals surface area (Å²) < 4.78 is 17.8. The SMILES string of the molecule is CN=c1scc(-c2ccco2)n1N=Cc1ccc(OCc2ccc(C(=O)OC)cc2)cc1. The molecule has 0 spiro atoms. The second kappa shape index (κ2) is 9.93. The minimum atomic E-state index is -0.355. The first-order chi connectivity index (χ1) is 15.7. The Balaban J connectivity index is 1.42. The molecule has 2 heterocycles. The van der Waals surface area contributed by atoms with Crippen molar-refractivity contribution in [3.05, 3.63) is 93.8 Å². The zero-order valence-electron chi connectivity index (χ0n) is 17.6. The smallest absolute Gasteiger partial charge is 0.337 e. The van der Waals surface area contributed by atoms with Gasteiger partial charge in [-0.3, -0.25) is 4.99 Å². The van der Waals surface area contributed by atoms with Gasteiger partial charge in [0, 0.05) is 12.4 Å². The average Bonchev–Trinajstić information content (AvgIpc) is 3.51. The lowest BCUT2D eigenvalue weighted by atomic mass is 10.1. The van der Waals surface area contributed by atoms with Gasteiger partial charge in [-0.25, -0.2) is 9.47 Å². The van der Waals surface area contributed by atoms with Crippen molar-refractivity contribution < 1.29 is 18.7 Å². The number of thiazole rings is 1. The molecule has 162 valence electrons. The Bertz CT molecular complexity index is 1270. The van der Waals surface area contributed by atoms with E-state index in [4.69, 9.17) is 13.9 Å². The molecule has 0 aliphatic heterocycles. The maximum absolute atomic E-state index is 11.5. The molecule has 0 atom stereocenters. The number of methoxy groups -OCH3 is 1. The Hall–Kier alpha value is -3.91. The summed E-state index contributed by atoms with van der Waals surface area (Å²) in [6, 6.07) is 18.5. The number of ether oxygens (including phenoxy) is 2. The number of benzene rings is 2. The highest BCUT2D eigenvalue weighted by atomic mass is 32.1. The Labute approximate surface area is 188 Å². The highest BCUT2D eigenvalue weighted by Gasteiger charge is 2.09. The number of hydrogen-bond donors (Lipinski definition) is 0. The van der Waals surface area contributed by atoms with E-state index in [1.54, 1.807) is 36.3 Å². The van der Waals surface area contributed by atoms with Gasteiger partial charge in [0.1, 0.15) is 18.1 Å². The van der Waals surface area contributed by atoms with Gasteiger partial charge in [-0.2, -0.15) is 5.10 Å². The van der Waals surface area contributed by atoms with Crippen LogP contribution in [-0.4, -0.2) is 31.0 Å². The number of esters is 1. The molecule has 0 amide bonds. The predicted molar refractivity (Wildman–Crippen MR) is 123 cm³/mol. The average molecular weight is 448 g/mol. The number of nitrogens with zero attached hydrogens (tertiary/aromatic N) is 3. The van der Waals surface area contributed by atoms with Crippen molar-refractivity contribution in [1.82, 2.24) is 4.68 Å². The predicted octanol–water partition coefficient (Wildman–Crippen LogP) is 4.59. The zero-order chi connectivity index (χ0) is 22.3. The quantitative estimate of drug-likeness (QED) is 0.307. The lowest BCUT2D eigenvalue weighted by molar-refractivity contribution is 0.0600. The Morgan fingerprint density at radius 1 is 1.12 bits per heavy atom. The molecule has 2 aromatic carbocycles. The number of carbonyl (C=O) groups is 1. The van der Waals surface area contributed by atoms with Gasteiger partial charge in [-0.05, 0) is 59.7 Å². The molecule has 4 aromatic rings. The van der Waals surface area contributed by atoms with Crippen LogP contribution in [0, 0.1) is 0 Å². The van der Waals surface area contributed by atoms with E-state index >= 15 is 0 Å². The third kappa shape index (κ3) is 4.87. The standard InChI is InChI=1S/C24H21N3O4S/c1-25-24-27(21(16-32-24)22-4-3-13-30-22)26-14-17-7-11-20(12-8-17)31-15-18-5-9-19(10-6-18)23(28)29-2/h3-14,16H,15H2,1-2H3. The van der Waals surface area contributed by atoms with Gasteiger partial charge >= 0.3 is 5.97 Å². The second-order valence-corrected chi connectivity index (χ2v) is 7.54. The first-order valence-electron chi connectivity index (χ1n) is 9.79. The maximum Gasteiger partial charge on any atom is 0.337 e. The van der Waals surface area contributed by atoms with Crippen LogP contribution in [0.1, 0.15) is 21.5 Å². The molecule has 0 unspecified atom stereocenters. The molecule has 0 saturated heterocycles. The van der Waals surface area contributed by atoms with E-state index in [9.17, 15) is 4.79 Å². The maximum atomic E-state index is 11.5. The van der Waals surface area contributed by atoms with E-state index in [0.717, 1.165) is 33.1 Å². The van der Waals surface area contributed by atoms with E-state index < -0.39 is 0 Å². The van der Waals surface area contributed by atoms with Crippen molar-refractivity contribution in [1.29, 1.82) is 0 Å². The normalized spacial score (nSPS) is 11.8. The summed E-state index contributed by atoms with van der Waals surface area (Å²) >= 11 is 1.50. The molecule has 0 saturated carbocycles. The van der Waals surface area contributed by atoms with Crippen LogP contribution in [0.15, 0.2) is 86.8 Å². The van der Waals surface area contributed by atoms with Crippen LogP contribution in [0.4, 0.5) is 0 Å². The van der Waals surface area contributed by atoms with Gasteiger partial charge in [0.15, 0.2) is 5.76 Å². The lowest BCUT2D eigenvalue weighted by Crippen LogP contribution is -2.11. The molecule has 8 heteroatoms. The topological polar surface area (TPSA) is 78.3 Å². The molecule has 0 N–H and O–H groups in total. The first-order valence-corrected chi connectivity index (χ1v) is 10.7. The van der Waals surface area contributed by atoms with Crippen LogP contribution in [0.25, 0.3) is 11.5 Å². The fourth-order valence-corrected chi connectivity index (χ4v) is 3.74. The number of carbonyl (C=O) groups excluding carboxylic acids is 1. The molecule has 4 rings (SSSR count). The van der Waals surface area contributed by atoms with Crippen LogP contribution in [-0.2, 0) is 11.3 Å². The monoisotopic (exact) mass is 447 g/mol. The summed E-state index contributed by atoms with van der Waals surface area (Å²) in [7, 11) is 3.10. The van der Waals surface area contributed by atoms with Crippen LogP contribution in [0.5, 0.6) is 5.75 Å². The van der Waals surface area contributed by atoms with E-state index in [0.29, 0.717) is 12.2 Å². The minimum absolute atomic E-state index is 0.355. The fraction of sp³-hybridized carbons (Fsp3) is 0.125. The summed E-state index contributed by atoms with van der Waals surface area (Å²) in [6.45, 7) is 0.396. The fourth-order valence-electron chi connectivity index (χ4n) is 2.95. The number of rotatable bonds is 7. The largest absolute Gasteiger partial charge is 0.489 e. The minimum Gasteiger partial charge on any atom is -0.489 e. The number of hydrogen-bond acceptors (Lipinski definition) is 7. The summed E-state index contributed by atoms with van der Waals surface area (Å²) in [4.78, 5) is 16.6. The summed E-state index contributed by atoms with van der Waals surface area (Å²) in [5, 5.41) is 6.55. The van der Waals surface area contributed by atoms with Crippen LogP contribution >= 0.6 is 11.3 Å². The molecule has 0 aliphatic carbocycles. The van der Waals surface area contributed by atoms with Crippen molar-refractivity contribution in [2.75, 3.05) is 14.2 Å². The van der Waals surface area contributed by atoms with Crippen molar-refractivity contribution in [2.24, 2.45) is 10.1 Å². The lowest BCUT2D eigenvalue weighted by Gasteiger charge is -2.07. The Morgan fingerprint density at radius 2 is 1.91 bits per heavy atom. The van der Waals surface area contributed by atoms with Crippen molar-refractivity contribution in [3.63, 3.8) is 0 Å². The van der Waals surface area contributed by atoms with Crippen molar-refractivity contribution in [2.45, 2.75) is 6.61 Å². The van der Waals surface area contributed by atoms with Crippen molar-refractivity contribution in [3.8, 4) is 17.2 Å². The highest BCUT2D eigenvalue weighted by molar-refractivity contribution is 7.07. The summed E-state index contributed by atoms with van der Waals surface area (Å²) in [6.07, 6.45) is 3.40. The molecule has 2 aromatic heterocycles. The Morgan fingerprint density at radius 3 is 2.56 bits per heavy atom. The molecular formula is C24H21N3O4S. The zero-order valence-corrected chi connectivity index (χ0v) is 18.4. The third-order valence-corrected chi connectivity index (χ3v) is 5.54. The first kappa shape index (κ1) is 21.3. The van der Waals surface area contributed by atoms with E-state index in [2.05, 4.69) is 10.1 Å². The van der Waals surface area contributed by atoms with E-state index in [1.165, 1.54) is 18.4 Å². The van der Waals surface area contributed by atoms with Crippen LogP contribution in [0.2, 0.25) is 0 Å². The highest BCUT2D eigenvalue weighted by Crippen LogP contribution is 2.20. The van der Waals surface area contributed by atoms with Crippen molar-refractivity contribution >= 4 is 23.5 Å². The summed E-state index contributed by atoms with van der Waals surface area (Å²) in [5.41, 5.74) is 3.23. The third-order valence-electron chi connectivity index (χ3n) is 4.63. The van der Waals surface area contributed by atoms with Crippen LogP contribution in [0.3, 0.4) is 0 Å². The van der Waals surface area contributed by atoms with Gasteiger partial charge in [0.25, 0.3) is 0 Å². The Kier molecular flexibility index (Phi) is 6.62. The van der Waals surface area contributed by atoms with Gasteiger partial charge in [0.05, 0.1) is 25.2 Å². The molecule has 7 nitrogen and oxygen atoms in total. The molecular weight excluding hydrogens is 426 g/mol. The summed E-state index contributed by atoms with van der Waals surface area (Å²) in [5.74, 6) is 1.12. The van der Waals surface area contributed by atoms with Gasteiger partial charge in [-0.1, -0.05) is 12.1 Å².